The van der Waals surface area contributed by atoms with Crippen LogP contribution in [-0.2, 0) is 28.2 Å². The van der Waals surface area contributed by atoms with Gasteiger partial charge in [0.1, 0.15) is 20.4 Å². The minimum absolute atomic E-state index is 0.0814. The van der Waals surface area contributed by atoms with Crippen molar-refractivity contribution in [2.24, 2.45) is 0 Å². The Balaban J connectivity index is 3.47. The van der Waals surface area contributed by atoms with Crippen molar-refractivity contribution in [2.75, 3.05) is 41.7 Å². The third kappa shape index (κ3) is 8.16. The predicted octanol–water partition coefficient (Wildman–Crippen LogP) is -0.167. The van der Waals surface area contributed by atoms with E-state index in [0.29, 0.717) is 0 Å². The van der Waals surface area contributed by atoms with Crippen LogP contribution in [-0.4, -0.2) is 49.0 Å². The van der Waals surface area contributed by atoms with Crippen molar-refractivity contribution >= 4 is 7.32 Å². The lowest BCUT2D eigenvalue weighted by Crippen LogP contribution is -2.29. The van der Waals surface area contributed by atoms with Crippen LogP contribution in [0.1, 0.15) is 0 Å². The Morgan fingerprint density at radius 2 is 1.00 bits per heavy atom. The molecule has 0 aromatic carbocycles. The minimum Gasteiger partial charge on any atom is -0.362 e. The summed E-state index contributed by atoms with van der Waals surface area (Å²) in [6.45, 7) is 0.244. The van der Waals surface area contributed by atoms with E-state index in [1.165, 1.54) is 21.3 Å². The summed E-state index contributed by atoms with van der Waals surface area (Å²) in [6.07, 6.45) is 0. The Kier molecular flexibility index (Phi) is 9.78. The van der Waals surface area contributed by atoms with Crippen LogP contribution in [0.15, 0.2) is 0 Å². The highest BCUT2D eigenvalue weighted by Gasteiger charge is 2.20. The summed E-state index contributed by atoms with van der Waals surface area (Å²) >= 11 is 0. The van der Waals surface area contributed by atoms with Gasteiger partial charge in [0.15, 0.2) is 0 Å². The molecular weight excluding hydrogens is 179 g/mol. The topological polar surface area (TPSA) is 55.4 Å². The molecular formula is C6H15BO6. The Morgan fingerprint density at radius 3 is 1.23 bits per heavy atom. The van der Waals surface area contributed by atoms with E-state index in [0.717, 1.165) is 0 Å². The van der Waals surface area contributed by atoms with Gasteiger partial charge in [-0.15, -0.1) is 0 Å². The maximum Gasteiger partial charge on any atom is 0.644 e. The fourth-order valence-electron chi connectivity index (χ4n) is 0.515. The first-order valence-corrected chi connectivity index (χ1v) is 3.66. The van der Waals surface area contributed by atoms with Crippen LogP contribution >= 0.6 is 0 Å². The number of methoxy groups -OCH3 is 3. The zero-order chi connectivity index (χ0) is 9.94. The molecule has 0 rings (SSSR count). The van der Waals surface area contributed by atoms with Gasteiger partial charge in [-0.1, -0.05) is 0 Å². The SMILES string of the molecule is COCOB(OCOC)OCOC. The van der Waals surface area contributed by atoms with Gasteiger partial charge in [-0.2, -0.15) is 0 Å². The van der Waals surface area contributed by atoms with Crippen molar-refractivity contribution in [2.45, 2.75) is 0 Å². The molecule has 78 valence electrons. The maximum absolute atomic E-state index is 4.97. The summed E-state index contributed by atoms with van der Waals surface area (Å²) in [4.78, 5) is 0. The molecule has 0 bridgehead atoms. The first-order valence-electron chi connectivity index (χ1n) is 3.66. The van der Waals surface area contributed by atoms with Crippen LogP contribution in [0.4, 0.5) is 0 Å². The van der Waals surface area contributed by atoms with Gasteiger partial charge in [-0.05, 0) is 0 Å². The van der Waals surface area contributed by atoms with Gasteiger partial charge in [-0.3, -0.25) is 0 Å². The van der Waals surface area contributed by atoms with E-state index in [9.17, 15) is 0 Å². The quantitative estimate of drug-likeness (QED) is 0.375. The number of hydrogen-bond acceptors (Lipinski definition) is 6. The molecule has 0 aromatic rings. The van der Waals surface area contributed by atoms with Gasteiger partial charge in [0, 0.05) is 21.3 Å². The Morgan fingerprint density at radius 1 is 0.692 bits per heavy atom. The van der Waals surface area contributed by atoms with Gasteiger partial charge in [-0.25, -0.2) is 0 Å². The molecule has 0 spiro atoms. The van der Waals surface area contributed by atoms with Gasteiger partial charge < -0.3 is 28.2 Å². The molecule has 0 saturated carbocycles. The molecule has 0 unspecified atom stereocenters. The average molecular weight is 194 g/mol. The van der Waals surface area contributed by atoms with E-state index in [-0.39, 0.29) is 20.4 Å². The van der Waals surface area contributed by atoms with Crippen LogP contribution in [0.2, 0.25) is 0 Å². The van der Waals surface area contributed by atoms with E-state index < -0.39 is 7.32 Å². The third-order valence-corrected chi connectivity index (χ3v) is 0.966. The molecule has 0 amide bonds. The molecule has 0 N–H and O–H groups in total. The zero-order valence-electron chi connectivity index (χ0n) is 8.15. The smallest absolute Gasteiger partial charge is 0.362 e. The van der Waals surface area contributed by atoms with Gasteiger partial charge >= 0.3 is 7.32 Å². The van der Waals surface area contributed by atoms with E-state index in [1.54, 1.807) is 0 Å². The summed E-state index contributed by atoms with van der Waals surface area (Å²) < 4.78 is 28.9. The molecule has 0 atom stereocenters. The van der Waals surface area contributed by atoms with Gasteiger partial charge in [0.2, 0.25) is 0 Å². The molecule has 0 fully saturated rings. The Hall–Kier alpha value is -0.175. The highest BCUT2D eigenvalue weighted by atomic mass is 16.8. The summed E-state index contributed by atoms with van der Waals surface area (Å²) in [5.41, 5.74) is 0. The fraction of sp³-hybridized carbons (Fsp3) is 1.00. The monoisotopic (exact) mass is 194 g/mol. The lowest BCUT2D eigenvalue weighted by atomic mass is 10.2. The van der Waals surface area contributed by atoms with Crippen LogP contribution in [0, 0.1) is 0 Å². The zero-order valence-corrected chi connectivity index (χ0v) is 8.15. The van der Waals surface area contributed by atoms with E-state index >= 15 is 0 Å². The fourth-order valence-corrected chi connectivity index (χ4v) is 0.515. The average Bonchev–Trinajstić information content (AvgIpc) is 2.17. The van der Waals surface area contributed by atoms with E-state index in [1.807, 2.05) is 0 Å². The van der Waals surface area contributed by atoms with Gasteiger partial charge in [0.05, 0.1) is 0 Å². The second kappa shape index (κ2) is 9.91. The number of ether oxygens (including phenoxy) is 3. The predicted molar refractivity (Wildman–Crippen MR) is 44.6 cm³/mol. The highest BCUT2D eigenvalue weighted by Crippen LogP contribution is 1.93. The lowest BCUT2D eigenvalue weighted by Gasteiger charge is -2.12. The summed E-state index contributed by atoms with van der Waals surface area (Å²) in [5.74, 6) is 0. The highest BCUT2D eigenvalue weighted by molar-refractivity contribution is 6.36. The maximum atomic E-state index is 4.97. The van der Waals surface area contributed by atoms with Crippen molar-refractivity contribution in [3.63, 3.8) is 0 Å². The molecule has 0 saturated heterocycles. The van der Waals surface area contributed by atoms with Crippen LogP contribution in [0.25, 0.3) is 0 Å². The summed E-state index contributed by atoms with van der Waals surface area (Å²) in [5, 5.41) is 0. The standard InChI is InChI=1S/C6H15BO6/c1-8-4-11-7(12-5-9-2)13-6-10-3/h4-6H2,1-3H3. The molecule has 0 aliphatic carbocycles. The molecule has 0 aliphatic rings. The van der Waals surface area contributed by atoms with Crippen molar-refractivity contribution in [3.05, 3.63) is 0 Å². The van der Waals surface area contributed by atoms with Crippen LogP contribution < -0.4 is 0 Å². The Labute approximate surface area is 78.2 Å². The molecule has 0 radical (unpaired) electrons. The van der Waals surface area contributed by atoms with E-state index in [4.69, 9.17) is 14.0 Å². The van der Waals surface area contributed by atoms with Crippen LogP contribution in [0.3, 0.4) is 0 Å². The van der Waals surface area contributed by atoms with E-state index in [2.05, 4.69) is 14.2 Å². The second-order valence-corrected chi connectivity index (χ2v) is 2.01. The van der Waals surface area contributed by atoms with Crippen molar-refractivity contribution in [1.82, 2.24) is 0 Å². The van der Waals surface area contributed by atoms with Crippen molar-refractivity contribution in [3.8, 4) is 0 Å². The van der Waals surface area contributed by atoms with Crippen LogP contribution in [0.5, 0.6) is 0 Å². The molecule has 6 nitrogen and oxygen atoms in total. The third-order valence-electron chi connectivity index (χ3n) is 0.966. The molecule has 7 heteroatoms. The molecule has 0 aromatic heterocycles. The molecule has 0 aliphatic heterocycles. The first kappa shape index (κ1) is 12.8. The summed E-state index contributed by atoms with van der Waals surface area (Å²) in [6, 6.07) is 0. The number of hydrogen-bond donors (Lipinski definition) is 0. The van der Waals surface area contributed by atoms with Gasteiger partial charge in [0.25, 0.3) is 0 Å². The van der Waals surface area contributed by atoms with Crippen molar-refractivity contribution in [1.29, 1.82) is 0 Å². The largest absolute Gasteiger partial charge is 0.644 e. The van der Waals surface area contributed by atoms with Crippen molar-refractivity contribution < 1.29 is 28.2 Å². The lowest BCUT2D eigenvalue weighted by molar-refractivity contribution is -0.0665. The Bertz CT molecular complexity index is 84.1. The molecule has 0 heterocycles. The normalized spacial score (nSPS) is 10.4. The number of rotatable bonds is 9. The minimum atomic E-state index is -0.833. The summed E-state index contributed by atoms with van der Waals surface area (Å²) in [7, 11) is 3.68. The molecule has 13 heavy (non-hydrogen) atoms. The first-order chi connectivity index (χ1) is 6.35. The second-order valence-electron chi connectivity index (χ2n) is 2.01.